The Hall–Kier alpha value is -1.31. The Balaban J connectivity index is 2.76. The van der Waals surface area contributed by atoms with Crippen molar-refractivity contribution in [2.24, 2.45) is 0 Å². The molecule has 0 saturated carbocycles. The number of ether oxygens (including phenoxy) is 1. The summed E-state index contributed by atoms with van der Waals surface area (Å²) in [4.78, 5) is 13.8. The van der Waals surface area contributed by atoms with Crippen LogP contribution in [0.5, 0.6) is 5.75 Å². The van der Waals surface area contributed by atoms with Crippen molar-refractivity contribution < 1.29 is 22.1 Å². The second-order valence-electron chi connectivity index (χ2n) is 5.15. The molecule has 1 aromatic rings. The third-order valence-electron chi connectivity index (χ3n) is 2.97. The number of rotatable bonds is 9. The van der Waals surface area contributed by atoms with Gasteiger partial charge >= 0.3 is 10.1 Å². The number of methoxy groups -OCH3 is 1. The van der Waals surface area contributed by atoms with E-state index in [4.69, 9.17) is 20.5 Å². The smallest absolute Gasteiger partial charge is 0.306 e. The van der Waals surface area contributed by atoms with E-state index < -0.39 is 15.5 Å². The van der Waals surface area contributed by atoms with E-state index in [1.54, 1.807) is 43.2 Å². The first-order valence-corrected chi connectivity index (χ1v) is 9.38. The van der Waals surface area contributed by atoms with Gasteiger partial charge in [-0.2, -0.15) is 8.42 Å². The van der Waals surface area contributed by atoms with Crippen molar-refractivity contribution in [1.82, 2.24) is 4.90 Å². The van der Waals surface area contributed by atoms with E-state index in [1.807, 2.05) is 0 Å². The van der Waals surface area contributed by atoms with Gasteiger partial charge in [-0.1, -0.05) is 12.1 Å². The minimum Gasteiger partial charge on any atom is -0.385 e. The highest BCUT2D eigenvalue weighted by Gasteiger charge is 2.18. The van der Waals surface area contributed by atoms with Gasteiger partial charge in [0.15, 0.2) is 0 Å². The van der Waals surface area contributed by atoms with Crippen LogP contribution < -0.4 is 4.18 Å². The van der Waals surface area contributed by atoms with Crippen LogP contribution in [0, 0.1) is 0 Å². The van der Waals surface area contributed by atoms with Crippen molar-refractivity contribution >= 4 is 27.6 Å². The lowest BCUT2D eigenvalue weighted by Crippen LogP contribution is -2.36. The number of halogens is 1. The van der Waals surface area contributed by atoms with Crippen LogP contribution in [-0.4, -0.2) is 51.1 Å². The molecule has 0 saturated heterocycles. The van der Waals surface area contributed by atoms with E-state index in [0.29, 0.717) is 26.1 Å². The van der Waals surface area contributed by atoms with Gasteiger partial charge in [0, 0.05) is 26.8 Å². The summed E-state index contributed by atoms with van der Waals surface area (Å²) in [5.74, 6) is 0.0819. The maximum Gasteiger partial charge on any atom is 0.306 e. The molecule has 0 aliphatic rings. The van der Waals surface area contributed by atoms with Gasteiger partial charge < -0.3 is 13.8 Å². The molecule has 1 atom stereocenters. The quantitative estimate of drug-likeness (QED) is 0.381. The van der Waals surface area contributed by atoms with Crippen LogP contribution in [0.1, 0.15) is 18.9 Å². The Labute approximate surface area is 142 Å². The number of carbonyl (C=O) groups is 1. The number of carbonyl (C=O) groups excluding carboxylic acids is 1. The fourth-order valence-corrected chi connectivity index (χ4v) is 2.56. The first kappa shape index (κ1) is 19.7. The zero-order valence-corrected chi connectivity index (χ0v) is 15.1. The molecular weight excluding hydrogens is 342 g/mol. The van der Waals surface area contributed by atoms with Crippen LogP contribution in [0.15, 0.2) is 24.3 Å². The number of hydrogen-bond donors (Lipinski definition) is 0. The molecule has 0 aliphatic heterocycles. The molecule has 1 rings (SSSR count). The van der Waals surface area contributed by atoms with E-state index in [2.05, 4.69) is 0 Å². The lowest BCUT2D eigenvalue weighted by atomic mass is 10.2. The van der Waals surface area contributed by atoms with Crippen molar-refractivity contribution in [2.45, 2.75) is 25.3 Å². The average Bonchev–Trinajstić information content (AvgIpc) is 2.46. The normalized spacial score (nSPS) is 12.7. The van der Waals surface area contributed by atoms with Crippen molar-refractivity contribution in [1.29, 1.82) is 0 Å². The van der Waals surface area contributed by atoms with Crippen LogP contribution in [0.3, 0.4) is 0 Å². The second kappa shape index (κ2) is 9.10. The largest absolute Gasteiger partial charge is 0.385 e. The van der Waals surface area contributed by atoms with Crippen LogP contribution in [0.25, 0.3) is 0 Å². The Morgan fingerprint density at radius 2 is 1.91 bits per heavy atom. The molecule has 6 nitrogen and oxygen atoms in total. The molecular formula is C15H22ClNO5S. The Kier molecular flexibility index (Phi) is 7.81. The summed E-state index contributed by atoms with van der Waals surface area (Å²) in [7, 11) is -1.94. The number of amides is 1. The van der Waals surface area contributed by atoms with E-state index in [9.17, 15) is 13.2 Å². The van der Waals surface area contributed by atoms with Gasteiger partial charge in [-0.3, -0.25) is 4.79 Å². The second-order valence-corrected chi connectivity index (χ2v) is 7.38. The summed E-state index contributed by atoms with van der Waals surface area (Å²) < 4.78 is 31.9. The first-order valence-electron chi connectivity index (χ1n) is 7.13. The molecule has 0 N–H and O–H groups in total. The summed E-state index contributed by atoms with van der Waals surface area (Å²) in [6, 6.07) is 6.54. The lowest BCUT2D eigenvalue weighted by molar-refractivity contribution is -0.131. The number of nitrogens with zero attached hydrogens (tertiary/aromatic N) is 1. The molecule has 0 radical (unpaired) electrons. The average molecular weight is 364 g/mol. The van der Waals surface area contributed by atoms with Gasteiger partial charge in [-0.15, -0.1) is 11.6 Å². The van der Waals surface area contributed by atoms with Crippen molar-refractivity contribution in [2.75, 3.05) is 26.5 Å². The summed E-state index contributed by atoms with van der Waals surface area (Å²) in [6.45, 7) is 3.11. The maximum absolute atomic E-state index is 12.1. The SMILES string of the molecule is COCCCN(Cc1ccc(OS(C)(=O)=O)cc1)C(=O)[C@H](C)Cl. The standard InChI is InChI=1S/C15H22ClNO5S/c1-12(16)15(18)17(9-4-10-21-2)11-13-5-7-14(8-6-13)22-23(3,19)20/h5-8,12H,4,9-11H2,1-3H3/t12-/m0/s1. The lowest BCUT2D eigenvalue weighted by Gasteiger charge is -2.24. The topological polar surface area (TPSA) is 72.9 Å². The fraction of sp³-hybridized carbons (Fsp3) is 0.533. The molecule has 23 heavy (non-hydrogen) atoms. The Morgan fingerprint density at radius 1 is 1.30 bits per heavy atom. The number of benzene rings is 1. The molecule has 0 spiro atoms. The van der Waals surface area contributed by atoms with Crippen LogP contribution in [0.4, 0.5) is 0 Å². The molecule has 0 aromatic heterocycles. The van der Waals surface area contributed by atoms with E-state index >= 15 is 0 Å². The van der Waals surface area contributed by atoms with Crippen LogP contribution in [0.2, 0.25) is 0 Å². The molecule has 0 aliphatic carbocycles. The Bertz CT molecular complexity index is 601. The van der Waals surface area contributed by atoms with Crippen LogP contribution in [-0.2, 0) is 26.2 Å². The summed E-state index contributed by atoms with van der Waals surface area (Å²) in [6.07, 6.45) is 1.69. The highest BCUT2D eigenvalue weighted by molar-refractivity contribution is 7.86. The zero-order chi connectivity index (χ0) is 17.5. The summed E-state index contributed by atoms with van der Waals surface area (Å²) in [5, 5.41) is -0.606. The zero-order valence-electron chi connectivity index (χ0n) is 13.5. The van der Waals surface area contributed by atoms with E-state index in [1.165, 1.54) is 0 Å². The van der Waals surface area contributed by atoms with E-state index in [0.717, 1.165) is 11.8 Å². The molecule has 1 aromatic carbocycles. The molecule has 0 unspecified atom stereocenters. The predicted molar refractivity (Wildman–Crippen MR) is 89.1 cm³/mol. The highest BCUT2D eigenvalue weighted by atomic mass is 35.5. The summed E-state index contributed by atoms with van der Waals surface area (Å²) >= 11 is 5.89. The number of alkyl halides is 1. The minimum absolute atomic E-state index is 0.153. The van der Waals surface area contributed by atoms with Gasteiger partial charge in [0.2, 0.25) is 5.91 Å². The van der Waals surface area contributed by atoms with Gasteiger partial charge in [0.25, 0.3) is 0 Å². The van der Waals surface area contributed by atoms with Gasteiger partial charge in [-0.25, -0.2) is 0 Å². The predicted octanol–water partition coefficient (Wildman–Crippen LogP) is 2.02. The molecule has 8 heteroatoms. The Morgan fingerprint density at radius 3 is 2.39 bits per heavy atom. The number of hydrogen-bond acceptors (Lipinski definition) is 5. The third kappa shape index (κ3) is 7.67. The maximum atomic E-state index is 12.1. The molecule has 1 amide bonds. The summed E-state index contributed by atoms with van der Waals surface area (Å²) in [5.41, 5.74) is 0.855. The van der Waals surface area contributed by atoms with Gasteiger partial charge in [0.1, 0.15) is 11.1 Å². The molecule has 0 heterocycles. The molecule has 0 fully saturated rings. The molecule has 130 valence electrons. The monoisotopic (exact) mass is 363 g/mol. The van der Waals surface area contributed by atoms with Crippen LogP contribution >= 0.6 is 11.6 Å². The third-order valence-corrected chi connectivity index (χ3v) is 3.65. The minimum atomic E-state index is -3.55. The molecule has 0 bridgehead atoms. The van der Waals surface area contributed by atoms with Crippen molar-refractivity contribution in [3.8, 4) is 5.75 Å². The fourth-order valence-electron chi connectivity index (χ4n) is 1.96. The van der Waals surface area contributed by atoms with E-state index in [-0.39, 0.29) is 11.7 Å². The van der Waals surface area contributed by atoms with Gasteiger partial charge in [0.05, 0.1) is 6.26 Å². The van der Waals surface area contributed by atoms with Gasteiger partial charge in [-0.05, 0) is 31.0 Å². The van der Waals surface area contributed by atoms with Crippen molar-refractivity contribution in [3.05, 3.63) is 29.8 Å². The van der Waals surface area contributed by atoms with Crippen molar-refractivity contribution in [3.63, 3.8) is 0 Å². The highest BCUT2D eigenvalue weighted by Crippen LogP contribution is 2.16. The first-order chi connectivity index (χ1) is 10.7.